The van der Waals surface area contributed by atoms with Gasteiger partial charge in [0.15, 0.2) is 0 Å². The van der Waals surface area contributed by atoms with Crippen molar-refractivity contribution in [2.45, 2.75) is 151 Å². The van der Waals surface area contributed by atoms with E-state index in [4.69, 9.17) is 0 Å². The van der Waals surface area contributed by atoms with Crippen LogP contribution in [-0.2, 0) is 16.2 Å². The lowest BCUT2D eigenvalue weighted by Crippen LogP contribution is -2.54. The Hall–Kier alpha value is -10.8. The van der Waals surface area contributed by atoms with Crippen molar-refractivity contribution < 1.29 is 0 Å². The first kappa shape index (κ1) is 67.3. The maximum absolute atomic E-state index is 2.75. The Bertz CT molecular complexity index is 5990. The van der Waals surface area contributed by atoms with Gasteiger partial charge in [-0.2, -0.15) is 0 Å². The summed E-state index contributed by atoms with van der Waals surface area (Å²) in [5.74, 6) is 0. The second-order valence-corrected chi connectivity index (χ2v) is 35.8. The number of anilines is 9. The molecule has 0 amide bonds. The SMILES string of the molecule is CN(C)c1ccc(N2c3ccc(-c4ccc5c6c(-c7ccccc7)c7c8ccc(-c9ccc%10c(c9)C9(C)CCCCC9(C)N%10c9ccc(N(C)C)cc9)c9c(-c%10ccc%11c(c%10)C%10(C)CCCCC%10(C)N%11c%10ccc(N(C)C)cc%10)ccc(c7c(-c7ccccc7)c6c6cccc4c65)c98)cc3C3(C)CCCCC23C)cc1. The number of nitrogens with zero attached hydrogens (tertiary/aromatic N) is 6. The van der Waals surface area contributed by atoms with Crippen LogP contribution in [0.3, 0.4) is 0 Å². The van der Waals surface area contributed by atoms with Crippen molar-refractivity contribution in [2.75, 3.05) is 71.7 Å². The predicted molar refractivity (Wildman–Crippen MR) is 472 cm³/mol. The van der Waals surface area contributed by atoms with Crippen LogP contribution in [-0.4, -0.2) is 58.9 Å². The standard InChI is InChI=1S/C104H100N6/c1-99-56-19-22-59-102(99,4)108(73-41-35-70(36-42-73)105(7)8)87-53-32-67(62-84(87)99)76-47-50-81-92-79(76)30-25-31-80(92)95-90(65-26-15-13-16-27-65)97-82-51-48-77(68-33-54-88-85(63-68)100(2)57-20-23-60-103(100,5)109(88)74-43-37-71(38-44-74)106(9)10)93-78(49-52-83(94(82)93)98(97)91(96(81)95)66-28-17-14-18-29-66)69-34-55-89-86(64-69)101(3)58-21-24-61-104(101,6)110(89)75-45-39-72(40-46-75)107(11)12/h13-18,25-55,62-64H,19-24,56-61H2,1-12H3. The molecule has 0 aromatic heterocycles. The predicted octanol–water partition coefficient (Wildman–Crippen LogP) is 27.2. The number of hydrogen-bond donors (Lipinski definition) is 0. The van der Waals surface area contributed by atoms with Gasteiger partial charge in [0, 0.05) is 110 Å². The first-order valence-electron chi connectivity index (χ1n) is 41.0. The second-order valence-electron chi connectivity index (χ2n) is 35.8. The Morgan fingerprint density at radius 3 is 0.909 bits per heavy atom. The van der Waals surface area contributed by atoms with Gasteiger partial charge in [0.1, 0.15) is 0 Å². The minimum Gasteiger partial charge on any atom is -0.378 e. The smallest absolute Gasteiger partial charge is 0.0517 e. The minimum absolute atomic E-state index is 0.0331. The van der Waals surface area contributed by atoms with E-state index in [1.807, 2.05) is 0 Å². The molecule has 3 aliphatic heterocycles. The minimum atomic E-state index is -0.107. The molecule has 6 unspecified atom stereocenters. The molecule has 15 aromatic carbocycles. The average Bonchev–Trinajstić information content (AvgIpc) is 1.34. The highest BCUT2D eigenvalue weighted by atomic mass is 15.3. The van der Waals surface area contributed by atoms with E-state index in [1.54, 1.807) is 0 Å². The molecule has 0 saturated heterocycles. The number of fused-ring (bicyclic) bond motifs is 15. The molecule has 546 valence electrons. The summed E-state index contributed by atoms with van der Waals surface area (Å²) in [7, 11) is 12.9. The van der Waals surface area contributed by atoms with Crippen molar-refractivity contribution in [2.24, 2.45) is 0 Å². The molecule has 21 rings (SSSR count). The number of hydrogen-bond acceptors (Lipinski definition) is 6. The molecule has 6 aliphatic rings. The Labute approximate surface area is 649 Å². The zero-order valence-electron chi connectivity index (χ0n) is 66.3. The molecular formula is C104H100N6. The van der Waals surface area contributed by atoms with E-state index in [2.05, 4.69) is 356 Å². The molecule has 0 N–H and O–H groups in total. The number of rotatable bonds is 11. The Morgan fingerprint density at radius 1 is 0.245 bits per heavy atom. The van der Waals surface area contributed by atoms with E-state index in [1.165, 1.54) is 233 Å². The molecule has 6 heteroatoms. The van der Waals surface area contributed by atoms with E-state index in [0.717, 1.165) is 32.1 Å². The first-order chi connectivity index (χ1) is 53.3. The molecule has 3 aliphatic carbocycles. The van der Waals surface area contributed by atoms with Crippen LogP contribution in [0.15, 0.2) is 243 Å². The lowest BCUT2D eigenvalue weighted by molar-refractivity contribution is 0.195. The van der Waals surface area contributed by atoms with Crippen molar-refractivity contribution in [1.29, 1.82) is 0 Å². The molecular weight excluding hydrogens is 1330 g/mol. The Balaban J connectivity index is 0.832. The van der Waals surface area contributed by atoms with Crippen LogP contribution in [0.4, 0.5) is 51.2 Å². The van der Waals surface area contributed by atoms with Crippen molar-refractivity contribution in [3.63, 3.8) is 0 Å². The molecule has 0 bridgehead atoms. The summed E-state index contributed by atoms with van der Waals surface area (Å²) in [5, 5.41) is 15.9. The highest BCUT2D eigenvalue weighted by Gasteiger charge is 2.61. The van der Waals surface area contributed by atoms with E-state index in [-0.39, 0.29) is 32.9 Å². The molecule has 0 radical (unpaired) electrons. The lowest BCUT2D eigenvalue weighted by Gasteiger charge is -2.50. The fraction of sp³-hybridized carbons (Fsp3) is 0.288. The molecule has 3 saturated carbocycles. The van der Waals surface area contributed by atoms with Gasteiger partial charge in [0.25, 0.3) is 0 Å². The van der Waals surface area contributed by atoms with E-state index >= 15 is 0 Å². The molecule has 3 heterocycles. The van der Waals surface area contributed by atoms with Gasteiger partial charge in [-0.05, 0) is 305 Å². The van der Waals surface area contributed by atoms with Gasteiger partial charge in [-0.15, -0.1) is 0 Å². The normalized spacial score (nSPS) is 23.4. The zero-order chi connectivity index (χ0) is 74.9. The quantitative estimate of drug-likeness (QED) is 0.128. The van der Waals surface area contributed by atoms with Crippen LogP contribution in [0, 0.1) is 0 Å². The maximum atomic E-state index is 2.75. The fourth-order valence-electron chi connectivity index (χ4n) is 23.7. The van der Waals surface area contributed by atoms with Crippen molar-refractivity contribution in [3.8, 4) is 55.6 Å². The van der Waals surface area contributed by atoms with Gasteiger partial charge in [0.05, 0.1) is 16.6 Å². The summed E-state index contributed by atoms with van der Waals surface area (Å²) in [6.07, 6.45) is 14.3. The third-order valence-corrected chi connectivity index (χ3v) is 30.0. The highest BCUT2D eigenvalue weighted by Crippen LogP contribution is 2.67. The average molecular weight is 1430 g/mol. The molecule has 0 spiro atoms. The highest BCUT2D eigenvalue weighted by molar-refractivity contribution is 6.48. The van der Waals surface area contributed by atoms with Gasteiger partial charge >= 0.3 is 0 Å². The van der Waals surface area contributed by atoms with Gasteiger partial charge in [0.2, 0.25) is 0 Å². The second kappa shape index (κ2) is 23.8. The van der Waals surface area contributed by atoms with Crippen LogP contribution in [0.5, 0.6) is 0 Å². The Morgan fingerprint density at radius 2 is 0.555 bits per heavy atom. The third-order valence-electron chi connectivity index (χ3n) is 30.0. The van der Waals surface area contributed by atoms with Gasteiger partial charge in [-0.3, -0.25) is 0 Å². The first-order valence-corrected chi connectivity index (χ1v) is 41.0. The summed E-state index contributed by atoms with van der Waals surface area (Å²) < 4.78 is 0. The summed E-state index contributed by atoms with van der Waals surface area (Å²) in [6.45, 7) is 15.5. The van der Waals surface area contributed by atoms with Gasteiger partial charge < -0.3 is 29.4 Å². The largest absolute Gasteiger partial charge is 0.378 e. The third kappa shape index (κ3) is 8.94. The summed E-state index contributed by atoms with van der Waals surface area (Å²) in [4.78, 5) is 14.9. The fourth-order valence-corrected chi connectivity index (χ4v) is 23.7. The molecule has 15 aromatic rings. The van der Waals surface area contributed by atoms with Gasteiger partial charge in [-0.1, -0.05) is 193 Å². The monoisotopic (exact) mass is 1430 g/mol. The number of benzene rings is 13. The molecule has 3 fully saturated rings. The molecule has 6 nitrogen and oxygen atoms in total. The van der Waals surface area contributed by atoms with Crippen LogP contribution >= 0.6 is 0 Å². The van der Waals surface area contributed by atoms with Crippen molar-refractivity contribution in [1.82, 2.24) is 0 Å². The summed E-state index contributed by atoms with van der Waals surface area (Å²) in [5.41, 5.74) is 28.3. The Kier molecular flexibility index (Phi) is 14.6. The van der Waals surface area contributed by atoms with Crippen molar-refractivity contribution >= 4 is 116 Å². The van der Waals surface area contributed by atoms with Crippen molar-refractivity contribution in [3.05, 3.63) is 259 Å². The maximum Gasteiger partial charge on any atom is 0.0517 e. The van der Waals surface area contributed by atoms with Gasteiger partial charge in [-0.25, -0.2) is 0 Å². The summed E-state index contributed by atoms with van der Waals surface area (Å²) in [6, 6.07) is 96.5. The lowest BCUT2D eigenvalue weighted by atomic mass is 9.61. The topological polar surface area (TPSA) is 19.4 Å². The van der Waals surface area contributed by atoms with Crippen LogP contribution < -0.4 is 29.4 Å². The summed E-state index contributed by atoms with van der Waals surface area (Å²) >= 11 is 0. The molecule has 6 atom stereocenters. The van der Waals surface area contributed by atoms with E-state index < -0.39 is 0 Å². The van der Waals surface area contributed by atoms with Crippen LogP contribution in [0.2, 0.25) is 0 Å². The van der Waals surface area contributed by atoms with Crippen LogP contribution in [0.25, 0.3) is 120 Å². The van der Waals surface area contributed by atoms with E-state index in [9.17, 15) is 0 Å². The van der Waals surface area contributed by atoms with E-state index in [0.29, 0.717) is 0 Å². The van der Waals surface area contributed by atoms with Crippen LogP contribution in [0.1, 0.15) is 135 Å². The molecule has 110 heavy (non-hydrogen) atoms. The zero-order valence-corrected chi connectivity index (χ0v) is 66.3.